The Labute approximate surface area is 125 Å². The van der Waals surface area contributed by atoms with Gasteiger partial charge in [0, 0.05) is 29.7 Å². The van der Waals surface area contributed by atoms with Crippen LogP contribution < -0.4 is 16.0 Å². The number of piperidine rings is 1. The summed E-state index contributed by atoms with van der Waals surface area (Å²) in [4.78, 5) is 33.8. The lowest BCUT2D eigenvalue weighted by atomic mass is 10.1. The van der Waals surface area contributed by atoms with E-state index in [1.165, 1.54) is 18.2 Å². The van der Waals surface area contributed by atoms with E-state index in [4.69, 9.17) is 16.7 Å². The van der Waals surface area contributed by atoms with Crippen molar-refractivity contribution >= 4 is 35.2 Å². The standard InChI is InChI=1S/C13H14ClN3O4/c14-8-3-7(12(19)20)4-10(5-8)17-13(21)16-9-1-2-11(18)15-6-9/h3-5,9H,1-2,6H2,(H,15,18)(H,19,20)(H2,16,17,21). The number of carbonyl (C=O) groups is 3. The third kappa shape index (κ3) is 4.35. The van der Waals surface area contributed by atoms with Crippen LogP contribution in [0.3, 0.4) is 0 Å². The lowest BCUT2D eigenvalue weighted by molar-refractivity contribution is -0.122. The van der Waals surface area contributed by atoms with Crippen LogP contribution in [-0.4, -0.2) is 35.6 Å². The molecule has 7 nitrogen and oxygen atoms in total. The molecule has 8 heteroatoms. The zero-order valence-corrected chi connectivity index (χ0v) is 11.7. The molecule has 1 heterocycles. The Morgan fingerprint density at radius 1 is 1.33 bits per heavy atom. The van der Waals surface area contributed by atoms with E-state index in [0.29, 0.717) is 19.4 Å². The minimum absolute atomic E-state index is 0.0114. The van der Waals surface area contributed by atoms with E-state index in [9.17, 15) is 14.4 Å². The van der Waals surface area contributed by atoms with E-state index in [0.717, 1.165) is 0 Å². The Morgan fingerprint density at radius 2 is 2.10 bits per heavy atom. The highest BCUT2D eigenvalue weighted by atomic mass is 35.5. The number of carboxylic acids is 1. The average Bonchev–Trinajstić information content (AvgIpc) is 2.40. The van der Waals surface area contributed by atoms with Crippen molar-refractivity contribution in [3.8, 4) is 0 Å². The second-order valence-electron chi connectivity index (χ2n) is 4.67. The molecule has 21 heavy (non-hydrogen) atoms. The number of carbonyl (C=O) groups excluding carboxylic acids is 2. The number of amides is 3. The number of carboxylic acid groups (broad SMARTS) is 1. The number of anilines is 1. The van der Waals surface area contributed by atoms with Gasteiger partial charge in [0.1, 0.15) is 0 Å². The molecule has 3 amide bonds. The molecular formula is C13H14ClN3O4. The molecule has 4 N–H and O–H groups in total. The van der Waals surface area contributed by atoms with E-state index in [2.05, 4.69) is 16.0 Å². The minimum atomic E-state index is -1.13. The van der Waals surface area contributed by atoms with Gasteiger partial charge >= 0.3 is 12.0 Å². The van der Waals surface area contributed by atoms with Gasteiger partial charge in [-0.15, -0.1) is 0 Å². The molecule has 0 spiro atoms. The average molecular weight is 312 g/mol. The maximum Gasteiger partial charge on any atom is 0.335 e. The summed E-state index contributed by atoms with van der Waals surface area (Å²) in [6, 6.07) is 3.44. The van der Waals surface area contributed by atoms with Gasteiger partial charge in [0.05, 0.1) is 5.56 Å². The Hall–Kier alpha value is -2.28. The van der Waals surface area contributed by atoms with Crippen molar-refractivity contribution in [2.45, 2.75) is 18.9 Å². The number of urea groups is 1. The van der Waals surface area contributed by atoms with Crippen molar-refractivity contribution < 1.29 is 19.5 Å². The van der Waals surface area contributed by atoms with E-state index in [-0.39, 0.29) is 28.2 Å². The van der Waals surface area contributed by atoms with Crippen LogP contribution in [0.1, 0.15) is 23.2 Å². The number of rotatable bonds is 3. The molecule has 1 aliphatic rings. The van der Waals surface area contributed by atoms with Crippen LogP contribution in [0.2, 0.25) is 5.02 Å². The van der Waals surface area contributed by atoms with E-state index in [1.807, 2.05) is 0 Å². The van der Waals surface area contributed by atoms with Crippen molar-refractivity contribution in [3.05, 3.63) is 28.8 Å². The molecule has 1 aromatic carbocycles. The number of nitrogens with one attached hydrogen (secondary N) is 3. The molecule has 112 valence electrons. The molecule has 1 atom stereocenters. The van der Waals surface area contributed by atoms with Gasteiger partial charge < -0.3 is 21.1 Å². The van der Waals surface area contributed by atoms with Gasteiger partial charge in [-0.05, 0) is 24.6 Å². The molecule has 1 aromatic rings. The van der Waals surface area contributed by atoms with E-state index >= 15 is 0 Å². The first kappa shape index (κ1) is 15.1. The molecule has 1 unspecified atom stereocenters. The Bertz CT molecular complexity index is 581. The second-order valence-corrected chi connectivity index (χ2v) is 5.11. The summed E-state index contributed by atoms with van der Waals surface area (Å²) in [5, 5.41) is 17.0. The largest absolute Gasteiger partial charge is 0.478 e. The third-order valence-corrected chi connectivity index (χ3v) is 3.22. The number of hydrogen-bond acceptors (Lipinski definition) is 3. The summed E-state index contributed by atoms with van der Waals surface area (Å²) in [6.07, 6.45) is 0.931. The van der Waals surface area contributed by atoms with Crippen LogP contribution >= 0.6 is 11.6 Å². The van der Waals surface area contributed by atoms with Crippen LogP contribution in [0, 0.1) is 0 Å². The summed E-state index contributed by atoms with van der Waals surface area (Å²) < 4.78 is 0. The molecule has 0 bridgehead atoms. The van der Waals surface area contributed by atoms with Gasteiger partial charge in [-0.25, -0.2) is 9.59 Å². The number of benzene rings is 1. The summed E-state index contributed by atoms with van der Waals surface area (Å²) >= 11 is 5.80. The summed E-state index contributed by atoms with van der Waals surface area (Å²) in [5.41, 5.74) is 0.278. The zero-order chi connectivity index (χ0) is 15.4. The topological polar surface area (TPSA) is 108 Å². The Kier molecular flexibility index (Phi) is 4.64. The predicted octanol–water partition coefficient (Wildman–Crippen LogP) is 1.44. The van der Waals surface area contributed by atoms with Crippen LogP contribution in [0.4, 0.5) is 10.5 Å². The highest BCUT2D eigenvalue weighted by molar-refractivity contribution is 6.31. The highest BCUT2D eigenvalue weighted by Crippen LogP contribution is 2.19. The third-order valence-electron chi connectivity index (χ3n) is 3.00. The molecular weight excluding hydrogens is 298 g/mol. The molecule has 2 rings (SSSR count). The SMILES string of the molecule is O=C1CCC(NC(=O)Nc2cc(Cl)cc(C(=O)O)c2)CN1. The minimum Gasteiger partial charge on any atom is -0.478 e. The maximum atomic E-state index is 11.8. The van der Waals surface area contributed by atoms with Gasteiger partial charge in [-0.3, -0.25) is 4.79 Å². The molecule has 0 aromatic heterocycles. The fraction of sp³-hybridized carbons (Fsp3) is 0.308. The van der Waals surface area contributed by atoms with Gasteiger partial charge in [-0.1, -0.05) is 11.6 Å². The lowest BCUT2D eigenvalue weighted by Crippen LogP contribution is -2.48. The molecule has 0 radical (unpaired) electrons. The van der Waals surface area contributed by atoms with Gasteiger partial charge in [-0.2, -0.15) is 0 Å². The first-order valence-corrected chi connectivity index (χ1v) is 6.70. The van der Waals surface area contributed by atoms with E-state index in [1.54, 1.807) is 0 Å². The molecule has 0 saturated carbocycles. The van der Waals surface area contributed by atoms with Crippen molar-refractivity contribution in [3.63, 3.8) is 0 Å². The van der Waals surface area contributed by atoms with Crippen molar-refractivity contribution in [2.24, 2.45) is 0 Å². The normalized spacial score (nSPS) is 17.8. The Balaban J connectivity index is 1.96. The number of aromatic carboxylic acids is 1. The van der Waals surface area contributed by atoms with Crippen molar-refractivity contribution in [1.82, 2.24) is 10.6 Å². The second kappa shape index (κ2) is 6.45. The van der Waals surface area contributed by atoms with Gasteiger partial charge in [0.15, 0.2) is 0 Å². The van der Waals surface area contributed by atoms with Gasteiger partial charge in [0.2, 0.25) is 5.91 Å². The summed E-state index contributed by atoms with van der Waals surface area (Å²) in [7, 11) is 0. The van der Waals surface area contributed by atoms with Crippen LogP contribution in [0.15, 0.2) is 18.2 Å². The highest BCUT2D eigenvalue weighted by Gasteiger charge is 2.19. The molecule has 1 saturated heterocycles. The number of halogens is 1. The lowest BCUT2D eigenvalue weighted by Gasteiger charge is -2.23. The van der Waals surface area contributed by atoms with Gasteiger partial charge in [0.25, 0.3) is 0 Å². The monoisotopic (exact) mass is 311 g/mol. The Morgan fingerprint density at radius 3 is 2.71 bits per heavy atom. The molecule has 0 aliphatic carbocycles. The van der Waals surface area contributed by atoms with E-state index < -0.39 is 12.0 Å². The molecule has 1 fully saturated rings. The number of hydrogen-bond donors (Lipinski definition) is 4. The smallest absolute Gasteiger partial charge is 0.335 e. The molecule has 1 aliphatic heterocycles. The maximum absolute atomic E-state index is 11.8. The fourth-order valence-corrected chi connectivity index (χ4v) is 2.23. The first-order valence-electron chi connectivity index (χ1n) is 6.32. The predicted molar refractivity (Wildman–Crippen MR) is 76.6 cm³/mol. The van der Waals surface area contributed by atoms with Crippen molar-refractivity contribution in [1.29, 1.82) is 0 Å². The fourth-order valence-electron chi connectivity index (χ4n) is 1.99. The summed E-state index contributed by atoms with van der Waals surface area (Å²) in [5.74, 6) is -1.16. The van der Waals surface area contributed by atoms with Crippen LogP contribution in [0.5, 0.6) is 0 Å². The quantitative estimate of drug-likeness (QED) is 0.677. The van der Waals surface area contributed by atoms with Crippen LogP contribution in [0.25, 0.3) is 0 Å². The van der Waals surface area contributed by atoms with Crippen LogP contribution in [-0.2, 0) is 4.79 Å². The van der Waals surface area contributed by atoms with Crippen molar-refractivity contribution in [2.75, 3.05) is 11.9 Å². The summed E-state index contributed by atoms with van der Waals surface area (Å²) in [6.45, 7) is 0.377. The first-order chi connectivity index (χ1) is 9.94. The zero-order valence-electron chi connectivity index (χ0n) is 11.0.